The van der Waals surface area contributed by atoms with Crippen LogP contribution in [0.2, 0.25) is 0 Å². The van der Waals surface area contributed by atoms with Crippen molar-refractivity contribution in [3.8, 4) is 17.1 Å². The Labute approximate surface area is 181 Å². The zero-order valence-electron chi connectivity index (χ0n) is 17.2. The number of hydrogen-bond acceptors (Lipinski definition) is 6. The Morgan fingerprint density at radius 2 is 1.87 bits per heavy atom. The number of hydrogen-bond donors (Lipinski definition) is 1. The van der Waals surface area contributed by atoms with E-state index in [0.717, 1.165) is 19.3 Å². The van der Waals surface area contributed by atoms with Crippen LogP contribution < -0.4 is 4.74 Å². The number of carbonyl (C=O) groups is 1. The van der Waals surface area contributed by atoms with E-state index in [0.29, 0.717) is 29.5 Å². The van der Waals surface area contributed by atoms with Gasteiger partial charge in [-0.3, -0.25) is 9.89 Å². The van der Waals surface area contributed by atoms with Gasteiger partial charge in [0.05, 0.1) is 10.9 Å². The van der Waals surface area contributed by atoms with Crippen LogP contribution in [0.25, 0.3) is 11.4 Å². The van der Waals surface area contributed by atoms with E-state index >= 15 is 0 Å². The Balaban J connectivity index is 1.48. The molecule has 1 atom stereocenters. The van der Waals surface area contributed by atoms with Crippen molar-refractivity contribution in [2.75, 3.05) is 19.4 Å². The largest absolute Gasteiger partial charge is 0.484 e. The lowest BCUT2D eigenvalue weighted by molar-refractivity contribution is -0.137. The smallest absolute Gasteiger partial charge is 0.261 e. The number of ether oxygens (including phenoxy) is 1. The number of nitrogens with zero attached hydrogens (tertiary/aromatic N) is 3. The van der Waals surface area contributed by atoms with Gasteiger partial charge in [-0.2, -0.15) is 5.10 Å². The van der Waals surface area contributed by atoms with Gasteiger partial charge in [-0.05, 0) is 55.7 Å². The maximum atomic E-state index is 12.8. The van der Waals surface area contributed by atoms with Crippen LogP contribution in [-0.4, -0.2) is 53.8 Å². The van der Waals surface area contributed by atoms with Crippen molar-refractivity contribution in [3.63, 3.8) is 0 Å². The number of rotatable bonds is 6. The molecule has 0 aliphatic carbocycles. The summed E-state index contributed by atoms with van der Waals surface area (Å²) >= 11 is 0. The van der Waals surface area contributed by atoms with Crippen LogP contribution in [0.15, 0.2) is 59.5 Å². The first kappa shape index (κ1) is 21.0. The number of sulfone groups is 1. The minimum atomic E-state index is -3.26. The Morgan fingerprint density at radius 3 is 2.58 bits per heavy atom. The summed E-state index contributed by atoms with van der Waals surface area (Å²) in [7, 11) is -3.26. The second-order valence-corrected chi connectivity index (χ2v) is 9.56. The van der Waals surface area contributed by atoms with E-state index in [2.05, 4.69) is 15.2 Å². The zero-order chi connectivity index (χ0) is 21.8. The van der Waals surface area contributed by atoms with E-state index in [1.807, 2.05) is 30.3 Å². The molecule has 2 heterocycles. The van der Waals surface area contributed by atoms with Crippen molar-refractivity contribution in [1.29, 1.82) is 0 Å². The summed E-state index contributed by atoms with van der Waals surface area (Å²) in [5.74, 6) is 1.65. The molecule has 1 aliphatic rings. The number of likely N-dealkylation sites (tertiary alicyclic amines) is 1. The Morgan fingerprint density at radius 1 is 1.13 bits per heavy atom. The highest BCUT2D eigenvalue weighted by Crippen LogP contribution is 2.30. The van der Waals surface area contributed by atoms with Gasteiger partial charge in [-0.15, -0.1) is 0 Å². The molecule has 2 aromatic carbocycles. The average molecular weight is 441 g/mol. The highest BCUT2D eigenvalue weighted by molar-refractivity contribution is 7.90. The SMILES string of the molecule is CS(=O)(=O)c1ccc(-c2n[nH]c([C@H]3CCCCN3C(=O)COc3ccccc3)n2)cc1. The van der Waals surface area contributed by atoms with E-state index in [1.165, 1.54) is 18.4 Å². The van der Waals surface area contributed by atoms with Crippen LogP contribution in [-0.2, 0) is 14.6 Å². The van der Waals surface area contributed by atoms with Crippen LogP contribution in [0.5, 0.6) is 5.75 Å². The third-order valence-electron chi connectivity index (χ3n) is 5.29. The molecular weight excluding hydrogens is 416 g/mol. The highest BCUT2D eigenvalue weighted by Gasteiger charge is 2.30. The summed E-state index contributed by atoms with van der Waals surface area (Å²) in [4.78, 5) is 19.5. The van der Waals surface area contributed by atoms with E-state index in [-0.39, 0.29) is 23.5 Å². The molecule has 1 amide bonds. The van der Waals surface area contributed by atoms with Crippen LogP contribution >= 0.6 is 0 Å². The second kappa shape index (κ2) is 8.89. The first-order valence-electron chi connectivity index (χ1n) is 10.1. The molecule has 0 bridgehead atoms. The van der Waals surface area contributed by atoms with Gasteiger partial charge in [0.1, 0.15) is 11.6 Å². The lowest BCUT2D eigenvalue weighted by atomic mass is 10.0. The number of para-hydroxylation sites is 1. The number of piperidine rings is 1. The fraction of sp³-hybridized carbons (Fsp3) is 0.318. The molecule has 3 aromatic rings. The standard InChI is InChI=1S/C22H24N4O4S/c1-31(28,29)18-12-10-16(11-13-18)21-23-22(25-24-21)19-9-5-6-14-26(19)20(27)15-30-17-7-3-2-4-8-17/h2-4,7-8,10-13,19H,5-6,9,14-15H2,1H3,(H,23,24,25)/t19-/m1/s1. The Kier molecular flexibility index (Phi) is 6.03. The van der Waals surface area contributed by atoms with Gasteiger partial charge in [-0.1, -0.05) is 18.2 Å². The van der Waals surface area contributed by atoms with Gasteiger partial charge in [0.25, 0.3) is 5.91 Å². The number of nitrogens with one attached hydrogen (secondary N) is 1. The minimum absolute atomic E-state index is 0.0333. The monoisotopic (exact) mass is 440 g/mol. The molecule has 8 nitrogen and oxygen atoms in total. The second-order valence-electron chi connectivity index (χ2n) is 7.54. The molecule has 4 rings (SSSR count). The van der Waals surface area contributed by atoms with Gasteiger partial charge < -0.3 is 9.64 Å². The van der Waals surface area contributed by atoms with Crippen LogP contribution in [0.3, 0.4) is 0 Å². The fourth-order valence-electron chi connectivity index (χ4n) is 3.66. The summed E-state index contributed by atoms with van der Waals surface area (Å²) in [5, 5.41) is 7.25. The normalized spacial score (nSPS) is 16.8. The van der Waals surface area contributed by atoms with E-state index in [9.17, 15) is 13.2 Å². The fourth-order valence-corrected chi connectivity index (χ4v) is 4.29. The Hall–Kier alpha value is -3.20. The van der Waals surface area contributed by atoms with Crippen molar-refractivity contribution >= 4 is 15.7 Å². The molecule has 0 spiro atoms. The van der Waals surface area contributed by atoms with E-state index in [1.54, 1.807) is 17.0 Å². The van der Waals surface area contributed by atoms with Crippen LogP contribution in [0.1, 0.15) is 31.1 Å². The zero-order valence-corrected chi connectivity index (χ0v) is 18.0. The first-order chi connectivity index (χ1) is 14.9. The topological polar surface area (TPSA) is 105 Å². The number of aromatic nitrogens is 3. The summed E-state index contributed by atoms with van der Waals surface area (Å²) in [6.07, 6.45) is 3.89. The maximum Gasteiger partial charge on any atom is 0.261 e. The molecule has 31 heavy (non-hydrogen) atoms. The molecule has 0 saturated carbocycles. The van der Waals surface area contributed by atoms with Gasteiger partial charge in [0.15, 0.2) is 22.3 Å². The van der Waals surface area contributed by atoms with Gasteiger partial charge in [0, 0.05) is 18.4 Å². The predicted molar refractivity (Wildman–Crippen MR) is 115 cm³/mol. The van der Waals surface area contributed by atoms with Crippen LogP contribution in [0.4, 0.5) is 0 Å². The number of aromatic amines is 1. The van der Waals surface area contributed by atoms with E-state index in [4.69, 9.17) is 4.74 Å². The third-order valence-corrected chi connectivity index (χ3v) is 6.42. The van der Waals surface area contributed by atoms with Crippen molar-refractivity contribution in [3.05, 3.63) is 60.4 Å². The predicted octanol–water partition coefficient (Wildman–Crippen LogP) is 3.01. The van der Waals surface area contributed by atoms with Gasteiger partial charge in [-0.25, -0.2) is 13.4 Å². The molecular formula is C22H24N4O4S. The maximum absolute atomic E-state index is 12.8. The first-order valence-corrected chi connectivity index (χ1v) is 12.0. The Bertz CT molecular complexity index is 1140. The van der Waals surface area contributed by atoms with Gasteiger partial charge >= 0.3 is 0 Å². The lowest BCUT2D eigenvalue weighted by Crippen LogP contribution is -2.41. The van der Waals surface area contributed by atoms with Gasteiger partial charge in [0.2, 0.25) is 0 Å². The molecule has 1 aliphatic heterocycles. The number of amides is 1. The number of benzene rings is 2. The number of carbonyl (C=O) groups excluding carboxylic acids is 1. The highest BCUT2D eigenvalue weighted by atomic mass is 32.2. The molecule has 9 heteroatoms. The molecule has 0 unspecified atom stereocenters. The van der Waals surface area contributed by atoms with Crippen molar-refractivity contribution in [2.45, 2.75) is 30.2 Å². The molecule has 1 aromatic heterocycles. The quantitative estimate of drug-likeness (QED) is 0.632. The third kappa shape index (κ3) is 4.93. The molecule has 1 N–H and O–H groups in total. The average Bonchev–Trinajstić information content (AvgIpc) is 3.28. The van der Waals surface area contributed by atoms with Crippen LogP contribution in [0, 0.1) is 0 Å². The van der Waals surface area contributed by atoms with Crippen molar-refractivity contribution < 1.29 is 17.9 Å². The molecule has 0 radical (unpaired) electrons. The summed E-state index contributed by atoms with van der Waals surface area (Å²) in [6, 6.07) is 15.5. The summed E-state index contributed by atoms with van der Waals surface area (Å²) in [6.45, 7) is 0.606. The lowest BCUT2D eigenvalue weighted by Gasteiger charge is -2.34. The van der Waals surface area contributed by atoms with Crippen molar-refractivity contribution in [1.82, 2.24) is 20.1 Å². The minimum Gasteiger partial charge on any atom is -0.484 e. The van der Waals surface area contributed by atoms with Crippen molar-refractivity contribution in [2.24, 2.45) is 0 Å². The molecule has 1 saturated heterocycles. The number of H-pyrrole nitrogens is 1. The summed E-state index contributed by atoms with van der Waals surface area (Å²) < 4.78 is 28.9. The summed E-state index contributed by atoms with van der Waals surface area (Å²) in [5.41, 5.74) is 0.705. The molecule has 1 fully saturated rings. The molecule has 162 valence electrons. The van der Waals surface area contributed by atoms with E-state index < -0.39 is 9.84 Å².